The van der Waals surface area contributed by atoms with Crippen molar-refractivity contribution in [3.8, 4) is 0 Å². The number of nitrogens with one attached hydrogen (secondary N) is 1. The van der Waals surface area contributed by atoms with Crippen molar-refractivity contribution in [3.63, 3.8) is 0 Å². The van der Waals surface area contributed by atoms with Crippen molar-refractivity contribution in [1.82, 2.24) is 15.4 Å². The van der Waals surface area contributed by atoms with Crippen LogP contribution in [0.1, 0.15) is 48.5 Å². The molecule has 0 amide bonds. The molecule has 5 nitrogen and oxygen atoms in total. The summed E-state index contributed by atoms with van der Waals surface area (Å²) in [5.74, 6) is -0.0180. The highest BCUT2D eigenvalue weighted by Gasteiger charge is 2.38. The molecule has 1 aromatic heterocycles. The molecule has 5 rings (SSSR count). The average molecular weight is 468 g/mol. The molecule has 3 aromatic rings. The van der Waals surface area contributed by atoms with E-state index >= 15 is 0 Å². The summed E-state index contributed by atoms with van der Waals surface area (Å²) in [5, 5.41) is 19.4. The second kappa shape index (κ2) is 9.84. The monoisotopic (exact) mass is 467 g/mol. The summed E-state index contributed by atoms with van der Waals surface area (Å²) in [6.45, 7) is 4.51. The van der Waals surface area contributed by atoms with Crippen LogP contribution >= 0.6 is 24.8 Å². The largest absolute Gasteiger partial charge is 0.392 e. The molecule has 8 heteroatoms. The molecule has 168 valence electrons. The highest BCUT2D eigenvalue weighted by Crippen LogP contribution is 2.37. The minimum Gasteiger partial charge on any atom is -0.392 e. The van der Waals surface area contributed by atoms with Crippen LogP contribution in [-0.2, 0) is 6.54 Å². The maximum atomic E-state index is 13.4. The zero-order chi connectivity index (χ0) is 20.0. The SMILES string of the molecule is CC(O)C(C1NCc2ccccc21)N1CCC(c2noc3cc(F)ccc23)CC1.Cl.Cl. The van der Waals surface area contributed by atoms with E-state index in [0.717, 1.165) is 43.6 Å². The molecule has 2 N–H and O–H groups in total. The number of aromatic nitrogens is 1. The predicted octanol–water partition coefficient (Wildman–Crippen LogP) is 4.58. The number of aliphatic hydroxyl groups excluding tert-OH is 1. The number of hydrogen-bond donors (Lipinski definition) is 2. The predicted molar refractivity (Wildman–Crippen MR) is 124 cm³/mol. The molecule has 2 aliphatic heterocycles. The van der Waals surface area contributed by atoms with Gasteiger partial charge in [0.05, 0.1) is 23.9 Å². The summed E-state index contributed by atoms with van der Waals surface area (Å²) in [4.78, 5) is 2.41. The van der Waals surface area contributed by atoms with E-state index in [-0.39, 0.29) is 48.6 Å². The van der Waals surface area contributed by atoms with Gasteiger partial charge in [0.25, 0.3) is 0 Å². The smallest absolute Gasteiger partial charge is 0.170 e. The van der Waals surface area contributed by atoms with Gasteiger partial charge in [-0.2, -0.15) is 0 Å². The maximum absolute atomic E-state index is 13.4. The lowest BCUT2D eigenvalue weighted by Gasteiger charge is -2.41. The van der Waals surface area contributed by atoms with Gasteiger partial charge in [0.15, 0.2) is 5.58 Å². The molecule has 2 aromatic carbocycles. The van der Waals surface area contributed by atoms with Gasteiger partial charge >= 0.3 is 0 Å². The van der Waals surface area contributed by atoms with Gasteiger partial charge in [-0.05, 0) is 56.1 Å². The van der Waals surface area contributed by atoms with Crippen LogP contribution < -0.4 is 5.32 Å². The topological polar surface area (TPSA) is 61.5 Å². The number of halogens is 3. The van der Waals surface area contributed by atoms with E-state index < -0.39 is 6.10 Å². The number of benzene rings is 2. The molecule has 0 spiro atoms. The highest BCUT2D eigenvalue weighted by molar-refractivity contribution is 5.85. The zero-order valence-electron chi connectivity index (χ0n) is 17.3. The molecule has 0 radical (unpaired) electrons. The van der Waals surface area contributed by atoms with Gasteiger partial charge in [0, 0.05) is 23.9 Å². The van der Waals surface area contributed by atoms with E-state index in [1.807, 2.05) is 6.92 Å². The van der Waals surface area contributed by atoms with Crippen LogP contribution in [0.15, 0.2) is 47.0 Å². The Morgan fingerprint density at radius 1 is 1.16 bits per heavy atom. The van der Waals surface area contributed by atoms with Gasteiger partial charge in [0.1, 0.15) is 5.82 Å². The van der Waals surface area contributed by atoms with E-state index in [2.05, 4.69) is 39.6 Å². The molecule has 3 unspecified atom stereocenters. The third kappa shape index (κ3) is 4.45. The summed E-state index contributed by atoms with van der Waals surface area (Å²) in [6, 6.07) is 13.3. The van der Waals surface area contributed by atoms with E-state index in [1.165, 1.54) is 23.3 Å². The van der Waals surface area contributed by atoms with E-state index in [9.17, 15) is 9.50 Å². The Balaban J connectivity index is 0.00000136. The molecule has 1 fully saturated rings. The van der Waals surface area contributed by atoms with Crippen molar-refractivity contribution in [1.29, 1.82) is 0 Å². The van der Waals surface area contributed by atoms with Crippen LogP contribution in [0.3, 0.4) is 0 Å². The molecule has 3 atom stereocenters. The molecule has 3 heterocycles. The van der Waals surface area contributed by atoms with E-state index in [1.54, 1.807) is 6.07 Å². The van der Waals surface area contributed by atoms with Gasteiger partial charge in [-0.1, -0.05) is 29.4 Å². The Hall–Kier alpha value is -1.70. The molecule has 0 bridgehead atoms. The normalized spacial score (nSPS) is 21.2. The number of nitrogens with zero attached hydrogens (tertiary/aromatic N) is 2. The Labute approximate surface area is 193 Å². The zero-order valence-corrected chi connectivity index (χ0v) is 19.0. The minimum atomic E-state index is -0.439. The number of aliphatic hydroxyl groups is 1. The molecule has 1 saturated heterocycles. The standard InChI is InChI=1S/C23H26FN3O2.2ClH/c1-14(28)23(22-18-5-3-2-4-16(18)13-25-22)27-10-8-15(9-11-27)21-19-7-6-17(24)12-20(19)29-26-21;;/h2-7,12,14-15,22-23,25,28H,8-11,13H2,1H3;2*1H. The number of hydrogen-bond acceptors (Lipinski definition) is 5. The van der Waals surface area contributed by atoms with Crippen molar-refractivity contribution < 1.29 is 14.0 Å². The Morgan fingerprint density at radius 3 is 2.65 bits per heavy atom. The van der Waals surface area contributed by atoms with Gasteiger partial charge in [-0.25, -0.2) is 4.39 Å². The van der Waals surface area contributed by atoms with Crippen LogP contribution in [0.5, 0.6) is 0 Å². The molecule has 2 aliphatic rings. The summed E-state index contributed by atoms with van der Waals surface area (Å²) < 4.78 is 18.8. The summed E-state index contributed by atoms with van der Waals surface area (Å²) in [6.07, 6.45) is 1.44. The highest BCUT2D eigenvalue weighted by atomic mass is 35.5. The summed E-state index contributed by atoms with van der Waals surface area (Å²) in [7, 11) is 0. The maximum Gasteiger partial charge on any atom is 0.170 e. The number of piperidine rings is 1. The summed E-state index contributed by atoms with van der Waals surface area (Å²) in [5.41, 5.74) is 4.05. The third-order valence-corrected chi connectivity index (χ3v) is 6.54. The average Bonchev–Trinajstić information content (AvgIpc) is 3.33. The number of rotatable bonds is 4. The lowest BCUT2D eigenvalue weighted by molar-refractivity contribution is 0.0250. The fourth-order valence-corrected chi connectivity index (χ4v) is 5.12. The molecule has 31 heavy (non-hydrogen) atoms. The first-order chi connectivity index (χ1) is 14.1. The first-order valence-corrected chi connectivity index (χ1v) is 10.4. The van der Waals surface area contributed by atoms with Gasteiger partial charge in [-0.3, -0.25) is 4.90 Å². The van der Waals surface area contributed by atoms with Crippen LogP contribution in [0.25, 0.3) is 11.0 Å². The summed E-state index contributed by atoms with van der Waals surface area (Å²) >= 11 is 0. The van der Waals surface area contributed by atoms with E-state index in [0.29, 0.717) is 5.58 Å². The third-order valence-electron chi connectivity index (χ3n) is 6.54. The Kier molecular flexibility index (Phi) is 7.60. The van der Waals surface area contributed by atoms with Gasteiger partial charge in [-0.15, -0.1) is 24.8 Å². The second-order valence-electron chi connectivity index (χ2n) is 8.31. The second-order valence-corrected chi connectivity index (χ2v) is 8.31. The van der Waals surface area contributed by atoms with Crippen molar-refractivity contribution in [2.45, 2.75) is 50.4 Å². The van der Waals surface area contributed by atoms with Crippen LogP contribution in [0.4, 0.5) is 4.39 Å². The molecule has 0 aliphatic carbocycles. The van der Waals surface area contributed by atoms with Gasteiger partial charge in [0.2, 0.25) is 0 Å². The van der Waals surface area contributed by atoms with Crippen LogP contribution in [-0.4, -0.2) is 40.4 Å². The van der Waals surface area contributed by atoms with Gasteiger partial charge < -0.3 is 14.9 Å². The lowest BCUT2D eigenvalue weighted by atomic mass is 9.88. The first kappa shape index (κ1) is 24.0. The van der Waals surface area contributed by atoms with Crippen LogP contribution in [0, 0.1) is 5.82 Å². The van der Waals surface area contributed by atoms with Crippen molar-refractivity contribution in [2.24, 2.45) is 0 Å². The minimum absolute atomic E-state index is 0. The first-order valence-electron chi connectivity index (χ1n) is 10.4. The van der Waals surface area contributed by atoms with Crippen molar-refractivity contribution >= 4 is 35.8 Å². The molecule has 0 saturated carbocycles. The Bertz CT molecular complexity index is 1020. The quantitative estimate of drug-likeness (QED) is 0.587. The molecular formula is C23H28Cl2FN3O2. The lowest BCUT2D eigenvalue weighted by Crippen LogP contribution is -2.51. The number of likely N-dealkylation sites (tertiary alicyclic amines) is 1. The fraction of sp³-hybridized carbons (Fsp3) is 0.435. The molecular weight excluding hydrogens is 440 g/mol. The number of fused-ring (bicyclic) bond motifs is 2. The fourth-order valence-electron chi connectivity index (χ4n) is 5.12. The Morgan fingerprint density at radius 2 is 1.90 bits per heavy atom. The van der Waals surface area contributed by atoms with E-state index in [4.69, 9.17) is 4.52 Å². The van der Waals surface area contributed by atoms with Crippen molar-refractivity contribution in [2.75, 3.05) is 13.1 Å². The van der Waals surface area contributed by atoms with Crippen molar-refractivity contribution in [3.05, 3.63) is 65.1 Å². The van der Waals surface area contributed by atoms with Crippen LogP contribution in [0.2, 0.25) is 0 Å².